The first-order valence-corrected chi connectivity index (χ1v) is 16.3. The molecule has 4 atom stereocenters. The largest absolute Gasteiger partial charge is 0.480 e. The molecule has 0 radical (unpaired) electrons. The van der Waals surface area contributed by atoms with Gasteiger partial charge in [0.1, 0.15) is 17.9 Å². The standard InChI is InChI=1S/C36H49N5O6/c1-6-33(43)38-29(20-27-22-37-32(19-25-13-9-7-10-14-25)41(27)26-15-11-8-12-16-26)35(45)40-28(17-23(2)3)31(42)21-34(44)39-30(36(46)47)18-24(4)5/h7-16,22-24,28-31,42H,6,17-21H2,1-5H3,(H,38,43)(H,39,44)(H,40,45)(H,46,47)/t28-,29-,30-,31-/m0/s1. The smallest absolute Gasteiger partial charge is 0.326 e. The summed E-state index contributed by atoms with van der Waals surface area (Å²) in [6, 6.07) is 16.7. The molecule has 3 rings (SSSR count). The van der Waals surface area contributed by atoms with Crippen molar-refractivity contribution in [2.75, 3.05) is 0 Å². The molecular formula is C36H49N5O6. The third-order valence-corrected chi connectivity index (χ3v) is 7.77. The molecule has 2 aromatic carbocycles. The van der Waals surface area contributed by atoms with Gasteiger partial charge in [-0.05, 0) is 42.4 Å². The number of carboxylic acid groups (broad SMARTS) is 1. The lowest BCUT2D eigenvalue weighted by Crippen LogP contribution is -2.54. The highest BCUT2D eigenvalue weighted by molar-refractivity contribution is 5.88. The number of aliphatic hydroxyl groups excluding tert-OH is 1. The van der Waals surface area contributed by atoms with Crippen molar-refractivity contribution in [3.05, 3.63) is 83.9 Å². The van der Waals surface area contributed by atoms with Gasteiger partial charge in [-0.1, -0.05) is 83.1 Å². The zero-order chi connectivity index (χ0) is 34.5. The zero-order valence-electron chi connectivity index (χ0n) is 28.0. The summed E-state index contributed by atoms with van der Waals surface area (Å²) in [6.45, 7) is 9.27. The van der Waals surface area contributed by atoms with Crippen LogP contribution in [0.2, 0.25) is 0 Å². The van der Waals surface area contributed by atoms with Crippen molar-refractivity contribution in [2.24, 2.45) is 11.8 Å². The molecule has 254 valence electrons. The Morgan fingerprint density at radius 2 is 1.40 bits per heavy atom. The number of imidazole rings is 1. The third kappa shape index (κ3) is 11.7. The molecule has 0 aliphatic heterocycles. The number of rotatable bonds is 18. The maximum Gasteiger partial charge on any atom is 0.326 e. The van der Waals surface area contributed by atoms with E-state index in [4.69, 9.17) is 4.98 Å². The Morgan fingerprint density at radius 3 is 1.98 bits per heavy atom. The molecule has 3 aromatic rings. The number of aliphatic hydroxyl groups is 1. The second-order valence-electron chi connectivity index (χ2n) is 12.8. The molecule has 0 aliphatic rings. The van der Waals surface area contributed by atoms with Gasteiger partial charge in [-0.25, -0.2) is 9.78 Å². The average Bonchev–Trinajstić information content (AvgIpc) is 3.41. The van der Waals surface area contributed by atoms with Gasteiger partial charge in [-0.2, -0.15) is 0 Å². The van der Waals surface area contributed by atoms with Crippen LogP contribution in [-0.2, 0) is 32.0 Å². The zero-order valence-corrected chi connectivity index (χ0v) is 28.0. The Balaban J connectivity index is 1.86. The number of benzene rings is 2. The molecule has 5 N–H and O–H groups in total. The molecule has 1 aromatic heterocycles. The summed E-state index contributed by atoms with van der Waals surface area (Å²) in [5.74, 6) is -1.73. The second kappa shape index (κ2) is 18.0. The first kappa shape index (κ1) is 37.0. The van der Waals surface area contributed by atoms with E-state index in [9.17, 15) is 29.4 Å². The van der Waals surface area contributed by atoms with Gasteiger partial charge in [0.05, 0.1) is 18.6 Å². The van der Waals surface area contributed by atoms with E-state index in [0.717, 1.165) is 17.1 Å². The molecule has 11 heteroatoms. The highest BCUT2D eigenvalue weighted by Gasteiger charge is 2.31. The summed E-state index contributed by atoms with van der Waals surface area (Å²) < 4.78 is 1.99. The van der Waals surface area contributed by atoms with Crippen LogP contribution in [0.4, 0.5) is 0 Å². The summed E-state index contributed by atoms with van der Waals surface area (Å²) in [5.41, 5.74) is 2.65. The highest BCUT2D eigenvalue weighted by atomic mass is 16.4. The van der Waals surface area contributed by atoms with Crippen LogP contribution in [0.3, 0.4) is 0 Å². The summed E-state index contributed by atoms with van der Waals surface area (Å²) in [4.78, 5) is 55.6. The van der Waals surface area contributed by atoms with Gasteiger partial charge in [0, 0.05) is 36.8 Å². The molecule has 11 nitrogen and oxygen atoms in total. The van der Waals surface area contributed by atoms with Gasteiger partial charge in [-0.15, -0.1) is 0 Å². The van der Waals surface area contributed by atoms with Crippen LogP contribution in [-0.4, -0.2) is 67.7 Å². The average molecular weight is 648 g/mol. The quantitative estimate of drug-likeness (QED) is 0.140. The van der Waals surface area contributed by atoms with Crippen LogP contribution in [0.15, 0.2) is 66.9 Å². The van der Waals surface area contributed by atoms with E-state index in [-0.39, 0.29) is 37.0 Å². The number of aromatic nitrogens is 2. The Bertz CT molecular complexity index is 1460. The predicted molar refractivity (Wildman–Crippen MR) is 180 cm³/mol. The van der Waals surface area contributed by atoms with Crippen molar-refractivity contribution in [3.8, 4) is 5.69 Å². The summed E-state index contributed by atoms with van der Waals surface area (Å²) >= 11 is 0. The minimum Gasteiger partial charge on any atom is -0.480 e. The second-order valence-corrected chi connectivity index (χ2v) is 12.8. The van der Waals surface area contributed by atoms with Gasteiger partial charge in [0.15, 0.2) is 0 Å². The number of carbonyl (C=O) groups excluding carboxylic acids is 3. The maximum atomic E-state index is 13.9. The fourth-order valence-electron chi connectivity index (χ4n) is 5.47. The third-order valence-electron chi connectivity index (χ3n) is 7.77. The normalized spacial score (nSPS) is 13.9. The lowest BCUT2D eigenvalue weighted by Gasteiger charge is -2.28. The Labute approximate surface area is 277 Å². The molecule has 0 fully saturated rings. The van der Waals surface area contributed by atoms with E-state index in [1.165, 1.54) is 0 Å². The summed E-state index contributed by atoms with van der Waals surface area (Å²) in [5, 5.41) is 28.9. The number of para-hydroxylation sites is 1. The SMILES string of the molecule is CCC(=O)N[C@@H](Cc1cnc(Cc2ccccc2)n1-c1ccccc1)C(=O)N[C@@H](CC(C)C)[C@@H](O)CC(=O)N[C@@H](CC(C)C)C(=O)O. The molecule has 47 heavy (non-hydrogen) atoms. The first-order chi connectivity index (χ1) is 22.4. The highest BCUT2D eigenvalue weighted by Crippen LogP contribution is 2.20. The minimum absolute atomic E-state index is 0.0391. The maximum absolute atomic E-state index is 13.9. The predicted octanol–water partition coefficient (Wildman–Crippen LogP) is 3.80. The van der Waals surface area contributed by atoms with Crippen molar-refractivity contribution in [2.45, 2.75) is 97.4 Å². The minimum atomic E-state index is -1.29. The van der Waals surface area contributed by atoms with E-state index < -0.39 is 48.4 Å². The van der Waals surface area contributed by atoms with Crippen LogP contribution in [0.1, 0.15) is 77.4 Å². The summed E-state index contributed by atoms with van der Waals surface area (Å²) in [6.07, 6.45) is 1.47. The van der Waals surface area contributed by atoms with Gasteiger partial charge < -0.3 is 30.7 Å². The molecule has 0 spiro atoms. The molecule has 0 bridgehead atoms. The Morgan fingerprint density at radius 1 is 0.809 bits per heavy atom. The lowest BCUT2D eigenvalue weighted by molar-refractivity contribution is -0.142. The first-order valence-electron chi connectivity index (χ1n) is 16.3. The van der Waals surface area contributed by atoms with Crippen LogP contribution >= 0.6 is 0 Å². The van der Waals surface area contributed by atoms with Gasteiger partial charge in [-0.3, -0.25) is 14.4 Å². The number of amides is 3. The van der Waals surface area contributed by atoms with E-state index >= 15 is 0 Å². The topological polar surface area (TPSA) is 163 Å². The van der Waals surface area contributed by atoms with Crippen LogP contribution in [0.25, 0.3) is 5.69 Å². The van der Waals surface area contributed by atoms with Crippen molar-refractivity contribution < 1.29 is 29.4 Å². The van der Waals surface area contributed by atoms with Crippen molar-refractivity contribution >= 4 is 23.7 Å². The van der Waals surface area contributed by atoms with Crippen LogP contribution in [0.5, 0.6) is 0 Å². The van der Waals surface area contributed by atoms with Gasteiger partial charge in [0.2, 0.25) is 17.7 Å². The van der Waals surface area contributed by atoms with E-state index in [1.807, 2.05) is 92.9 Å². The van der Waals surface area contributed by atoms with Crippen molar-refractivity contribution in [1.29, 1.82) is 0 Å². The number of hydrogen-bond donors (Lipinski definition) is 5. The molecule has 3 amide bonds. The fourth-order valence-corrected chi connectivity index (χ4v) is 5.47. The van der Waals surface area contributed by atoms with Gasteiger partial charge >= 0.3 is 5.97 Å². The molecule has 1 heterocycles. The number of nitrogens with zero attached hydrogens (tertiary/aromatic N) is 2. The van der Waals surface area contributed by atoms with Gasteiger partial charge in [0.25, 0.3) is 0 Å². The van der Waals surface area contributed by atoms with E-state index in [2.05, 4.69) is 16.0 Å². The number of carboxylic acids is 1. The Kier molecular flexibility index (Phi) is 14.1. The van der Waals surface area contributed by atoms with E-state index in [1.54, 1.807) is 13.1 Å². The van der Waals surface area contributed by atoms with Crippen LogP contribution in [0, 0.1) is 11.8 Å². The van der Waals surface area contributed by atoms with Crippen molar-refractivity contribution in [1.82, 2.24) is 25.5 Å². The molecule has 0 aliphatic carbocycles. The molecule has 0 saturated heterocycles. The number of nitrogens with one attached hydrogen (secondary N) is 3. The number of carbonyl (C=O) groups is 4. The monoisotopic (exact) mass is 647 g/mol. The van der Waals surface area contributed by atoms with Crippen molar-refractivity contribution in [3.63, 3.8) is 0 Å². The number of aliphatic carboxylic acids is 1. The molecule has 0 unspecified atom stereocenters. The number of hydrogen-bond acceptors (Lipinski definition) is 6. The molecule has 0 saturated carbocycles. The Hall–Kier alpha value is -4.51. The fraction of sp³-hybridized carbons (Fsp3) is 0.472. The molecular weight excluding hydrogens is 598 g/mol. The summed E-state index contributed by atoms with van der Waals surface area (Å²) in [7, 11) is 0. The van der Waals surface area contributed by atoms with E-state index in [0.29, 0.717) is 18.5 Å². The lowest BCUT2D eigenvalue weighted by atomic mass is 9.96. The van der Waals surface area contributed by atoms with Crippen LogP contribution < -0.4 is 16.0 Å².